The van der Waals surface area contributed by atoms with Crippen LogP contribution in [0.3, 0.4) is 0 Å². The molecule has 0 aromatic heterocycles. The van der Waals surface area contributed by atoms with Crippen LogP contribution in [0.25, 0.3) is 0 Å². The molecule has 3 aromatic rings. The molecule has 0 aliphatic carbocycles. The van der Waals surface area contributed by atoms with Gasteiger partial charge >= 0.3 is 252 Å². The summed E-state index contributed by atoms with van der Waals surface area (Å²) in [5.74, 6) is -2.42. The molecule has 2 aliphatic rings. The zero-order valence-electron chi connectivity index (χ0n) is 23.7. The number of amides is 1. The van der Waals surface area contributed by atoms with Gasteiger partial charge in [-0.3, -0.25) is 0 Å². The normalized spacial score (nSPS) is 22.5. The third-order valence-corrected chi connectivity index (χ3v) is 10.3. The number of benzene rings is 3. The fraction of sp³-hybridized carbons (Fsp3) is 0.344. The fourth-order valence-corrected chi connectivity index (χ4v) is 8.37. The second-order valence-electron chi connectivity index (χ2n) is 10.1. The number of nitrogens with zero attached hydrogens (tertiary/aromatic N) is 1. The van der Waals surface area contributed by atoms with E-state index in [4.69, 9.17) is 23.7 Å². The van der Waals surface area contributed by atoms with Crippen LogP contribution in [-0.2, 0) is 46.5 Å². The quantitative estimate of drug-likeness (QED) is 0.180. The molecule has 0 N–H and O–H groups in total. The van der Waals surface area contributed by atoms with Crippen LogP contribution in [0.15, 0.2) is 84.9 Å². The molecule has 1 amide bonds. The van der Waals surface area contributed by atoms with E-state index in [9.17, 15) is 14.4 Å². The van der Waals surface area contributed by atoms with Crippen molar-refractivity contribution >= 4 is 37.3 Å². The first-order valence-corrected chi connectivity index (χ1v) is 15.6. The standard InChI is InChI=1S/C32H33NO8Se/c1-37-24-16-14-22(15-17-24)19-33-28(34)26-18-27(40-20-23-10-6-4-7-11-23)41-31(26,21-42-25-12-8-5-9-13-25)32(33,29(35)38-2)30(36)39-3/h4-17,26-27H,18-21H2,1-3H3/t26-,27+,31-/m0/s1. The van der Waals surface area contributed by atoms with E-state index >= 15 is 0 Å². The van der Waals surface area contributed by atoms with E-state index in [0.717, 1.165) is 10.0 Å². The fourth-order valence-electron chi connectivity index (χ4n) is 5.83. The van der Waals surface area contributed by atoms with Gasteiger partial charge < -0.3 is 0 Å². The molecule has 0 unspecified atom stereocenters. The number of hydrogen-bond donors (Lipinski definition) is 0. The number of likely N-dealkylation sites (tertiary alicyclic amines) is 1. The van der Waals surface area contributed by atoms with Gasteiger partial charge in [0.1, 0.15) is 0 Å². The zero-order valence-corrected chi connectivity index (χ0v) is 25.4. The minimum atomic E-state index is -2.19. The van der Waals surface area contributed by atoms with Crippen molar-refractivity contribution in [3.8, 4) is 5.75 Å². The molecular formula is C32H33NO8Se. The summed E-state index contributed by atoms with van der Waals surface area (Å²) in [7, 11) is 3.96. The number of carbonyl (C=O) groups excluding carboxylic acids is 3. The minimum absolute atomic E-state index is 0.0392. The van der Waals surface area contributed by atoms with E-state index in [-0.39, 0.29) is 39.8 Å². The number of fused-ring (bicyclic) bond motifs is 1. The van der Waals surface area contributed by atoms with Crippen molar-refractivity contribution in [3.05, 3.63) is 96.1 Å². The van der Waals surface area contributed by atoms with Crippen molar-refractivity contribution in [2.45, 2.75) is 42.3 Å². The average Bonchev–Trinajstić information content (AvgIpc) is 3.50. The number of esters is 2. The summed E-state index contributed by atoms with van der Waals surface area (Å²) in [6.45, 7) is 0.202. The summed E-state index contributed by atoms with van der Waals surface area (Å²) >= 11 is -0.280. The van der Waals surface area contributed by atoms with Gasteiger partial charge in [0.15, 0.2) is 0 Å². The van der Waals surface area contributed by atoms with Gasteiger partial charge in [-0.25, -0.2) is 0 Å². The van der Waals surface area contributed by atoms with E-state index in [0.29, 0.717) is 11.3 Å². The Labute approximate surface area is 251 Å². The summed E-state index contributed by atoms with van der Waals surface area (Å²) < 4.78 is 29.7. The number of carbonyl (C=O) groups is 3. The second kappa shape index (κ2) is 12.7. The number of methoxy groups -OCH3 is 3. The van der Waals surface area contributed by atoms with Gasteiger partial charge in [0.05, 0.1) is 0 Å². The average molecular weight is 639 g/mol. The van der Waals surface area contributed by atoms with Crippen molar-refractivity contribution < 1.29 is 38.1 Å². The molecule has 0 spiro atoms. The number of hydrogen-bond acceptors (Lipinski definition) is 8. The molecule has 2 aliphatic heterocycles. The summed E-state index contributed by atoms with van der Waals surface area (Å²) in [5, 5.41) is 0.231. The van der Waals surface area contributed by atoms with Crippen LogP contribution in [0.2, 0.25) is 5.32 Å². The summed E-state index contributed by atoms with van der Waals surface area (Å²) in [6.07, 6.45) is -0.659. The Morgan fingerprint density at radius 1 is 0.881 bits per heavy atom. The Morgan fingerprint density at radius 2 is 1.50 bits per heavy atom. The topological polar surface area (TPSA) is 101 Å². The van der Waals surface area contributed by atoms with Gasteiger partial charge in [-0.2, -0.15) is 0 Å². The van der Waals surface area contributed by atoms with E-state index in [1.807, 2.05) is 60.7 Å². The number of ether oxygens (including phenoxy) is 5. The molecule has 42 heavy (non-hydrogen) atoms. The van der Waals surface area contributed by atoms with Crippen molar-refractivity contribution in [1.29, 1.82) is 0 Å². The molecule has 0 saturated carbocycles. The first kappa shape index (κ1) is 29.8. The molecule has 10 heteroatoms. The van der Waals surface area contributed by atoms with Crippen LogP contribution < -0.4 is 9.20 Å². The van der Waals surface area contributed by atoms with Crippen molar-refractivity contribution in [1.82, 2.24) is 4.90 Å². The first-order chi connectivity index (χ1) is 20.4. The van der Waals surface area contributed by atoms with E-state index < -0.39 is 41.2 Å². The molecule has 2 fully saturated rings. The Morgan fingerprint density at radius 3 is 2.10 bits per heavy atom. The van der Waals surface area contributed by atoms with E-state index in [1.165, 1.54) is 19.1 Å². The maximum atomic E-state index is 14.4. The molecule has 0 bridgehead atoms. The second-order valence-corrected chi connectivity index (χ2v) is 12.3. The van der Waals surface area contributed by atoms with Gasteiger partial charge in [0, 0.05) is 0 Å². The number of rotatable bonds is 11. The van der Waals surface area contributed by atoms with E-state index in [1.54, 1.807) is 31.4 Å². The molecule has 0 radical (unpaired) electrons. The predicted octanol–water partition coefficient (Wildman–Crippen LogP) is 2.89. The van der Waals surface area contributed by atoms with Crippen molar-refractivity contribution in [3.63, 3.8) is 0 Å². The molecule has 5 rings (SSSR count). The van der Waals surface area contributed by atoms with Gasteiger partial charge in [-0.15, -0.1) is 0 Å². The molecule has 2 saturated heterocycles. The molecule has 2 heterocycles. The SMILES string of the molecule is COC(=O)C1(C(=O)OC)N(Cc2ccc(OC)cc2)C(=O)[C@@H]2C[C@H](OCc3ccccc3)O[C@@]21C[Se]c1ccccc1. The molecule has 220 valence electrons. The van der Waals surface area contributed by atoms with Crippen molar-refractivity contribution in [2.24, 2.45) is 5.92 Å². The van der Waals surface area contributed by atoms with Gasteiger partial charge in [0.25, 0.3) is 0 Å². The Bertz CT molecular complexity index is 1390. The van der Waals surface area contributed by atoms with Crippen LogP contribution in [0.1, 0.15) is 17.5 Å². The predicted molar refractivity (Wildman–Crippen MR) is 154 cm³/mol. The van der Waals surface area contributed by atoms with Gasteiger partial charge in [0.2, 0.25) is 0 Å². The molecular weight excluding hydrogens is 605 g/mol. The van der Waals surface area contributed by atoms with Crippen molar-refractivity contribution in [2.75, 3.05) is 21.3 Å². The Balaban J connectivity index is 1.58. The molecule has 3 aromatic carbocycles. The first-order valence-electron chi connectivity index (χ1n) is 13.5. The third kappa shape index (κ3) is 5.20. The summed E-state index contributed by atoms with van der Waals surface area (Å²) in [4.78, 5) is 43.6. The molecule has 3 atom stereocenters. The molecule has 9 nitrogen and oxygen atoms in total. The van der Waals surface area contributed by atoms with Gasteiger partial charge in [-0.05, 0) is 0 Å². The van der Waals surface area contributed by atoms with Crippen LogP contribution in [0.4, 0.5) is 0 Å². The maximum absolute atomic E-state index is 14.4. The van der Waals surface area contributed by atoms with Crippen LogP contribution >= 0.6 is 0 Å². The van der Waals surface area contributed by atoms with Crippen LogP contribution in [0, 0.1) is 5.92 Å². The monoisotopic (exact) mass is 639 g/mol. The Kier molecular flexibility index (Phi) is 8.99. The third-order valence-electron chi connectivity index (χ3n) is 7.85. The van der Waals surface area contributed by atoms with Crippen LogP contribution in [0.5, 0.6) is 5.75 Å². The van der Waals surface area contributed by atoms with Gasteiger partial charge in [-0.1, -0.05) is 0 Å². The Hall–Kier alpha value is -3.69. The summed E-state index contributed by atoms with van der Waals surface area (Å²) in [5.41, 5.74) is -2.16. The zero-order chi connectivity index (χ0) is 29.7. The van der Waals surface area contributed by atoms with E-state index in [2.05, 4.69) is 0 Å². The van der Waals surface area contributed by atoms with Crippen LogP contribution in [-0.4, -0.2) is 76.5 Å². The summed E-state index contributed by atoms with van der Waals surface area (Å²) in [6, 6.07) is 26.4.